The summed E-state index contributed by atoms with van der Waals surface area (Å²) in [6, 6.07) is 7.12. The molecule has 0 radical (unpaired) electrons. The molecule has 0 unspecified atom stereocenters. The molecule has 1 aliphatic heterocycles. The normalized spacial score (nSPS) is 16.9. The van der Waals surface area contributed by atoms with E-state index >= 15 is 0 Å². The maximum absolute atomic E-state index is 13.3. The summed E-state index contributed by atoms with van der Waals surface area (Å²) in [6.45, 7) is 3.24. The van der Waals surface area contributed by atoms with Crippen molar-refractivity contribution < 1.29 is 19.1 Å². The topological polar surface area (TPSA) is 73.1 Å². The summed E-state index contributed by atoms with van der Waals surface area (Å²) in [7, 11) is 0. The number of halogens is 1. The van der Waals surface area contributed by atoms with Gasteiger partial charge in [0.15, 0.2) is 4.96 Å². The lowest BCUT2D eigenvalue weighted by atomic mass is 10.1. The Bertz CT molecular complexity index is 1050. The van der Waals surface area contributed by atoms with Crippen LogP contribution in [0.4, 0.5) is 0 Å². The van der Waals surface area contributed by atoms with Crippen molar-refractivity contribution in [1.82, 2.24) is 14.3 Å². The Kier molecular flexibility index (Phi) is 5.84. The van der Waals surface area contributed by atoms with Gasteiger partial charge in [-0.3, -0.25) is 14.0 Å². The van der Waals surface area contributed by atoms with E-state index in [2.05, 4.69) is 4.98 Å². The van der Waals surface area contributed by atoms with Crippen molar-refractivity contribution in [3.05, 3.63) is 46.6 Å². The van der Waals surface area contributed by atoms with Crippen molar-refractivity contribution in [1.29, 1.82) is 0 Å². The molecule has 0 aliphatic carbocycles. The number of carbonyl (C=O) groups is 2. The molecule has 1 atom stereocenters. The molecule has 1 fully saturated rings. The monoisotopic (exact) mass is 433 g/mol. The Morgan fingerprint density at radius 3 is 3.00 bits per heavy atom. The maximum Gasteiger partial charge on any atom is 0.307 e. The minimum atomic E-state index is -0.350. The van der Waals surface area contributed by atoms with Gasteiger partial charge in [0.05, 0.1) is 43.0 Å². The van der Waals surface area contributed by atoms with E-state index in [1.807, 2.05) is 30.5 Å². The van der Waals surface area contributed by atoms with Crippen LogP contribution in [-0.4, -0.2) is 58.6 Å². The number of aromatic nitrogens is 2. The number of ether oxygens (including phenoxy) is 2. The molecule has 3 aromatic rings. The molecular formula is C20H20ClN3O4S. The zero-order valence-electron chi connectivity index (χ0n) is 15.8. The fourth-order valence-corrected chi connectivity index (χ4v) is 4.47. The number of amides is 1. The largest absolute Gasteiger partial charge is 0.466 e. The number of imidazole rings is 1. The Hall–Kier alpha value is -2.42. The van der Waals surface area contributed by atoms with E-state index in [9.17, 15) is 9.59 Å². The zero-order chi connectivity index (χ0) is 20.4. The average Bonchev–Trinajstić information content (AvgIpc) is 3.29. The first-order valence-electron chi connectivity index (χ1n) is 9.34. The van der Waals surface area contributed by atoms with E-state index in [1.54, 1.807) is 21.6 Å². The Balaban J connectivity index is 1.62. The van der Waals surface area contributed by atoms with E-state index in [4.69, 9.17) is 21.1 Å². The van der Waals surface area contributed by atoms with Gasteiger partial charge in [-0.2, -0.15) is 0 Å². The summed E-state index contributed by atoms with van der Waals surface area (Å²) in [4.78, 5) is 32.2. The lowest BCUT2D eigenvalue weighted by Crippen LogP contribution is -2.50. The summed E-state index contributed by atoms with van der Waals surface area (Å²) in [6.07, 6.45) is 1.93. The minimum absolute atomic E-state index is 0.113. The van der Waals surface area contributed by atoms with Crippen LogP contribution in [0.2, 0.25) is 5.02 Å². The van der Waals surface area contributed by atoms with Crippen molar-refractivity contribution in [2.45, 2.75) is 19.4 Å². The zero-order valence-corrected chi connectivity index (χ0v) is 17.4. The first-order valence-corrected chi connectivity index (χ1v) is 10.6. The molecule has 1 amide bonds. The second-order valence-corrected chi connectivity index (χ2v) is 7.86. The number of morpholine rings is 1. The first kappa shape index (κ1) is 19.9. The van der Waals surface area contributed by atoms with Crippen LogP contribution in [-0.2, 0) is 14.3 Å². The Labute approximate surface area is 176 Å². The van der Waals surface area contributed by atoms with Crippen LogP contribution >= 0.6 is 22.9 Å². The molecular weight excluding hydrogens is 414 g/mol. The highest BCUT2D eigenvalue weighted by atomic mass is 35.5. The summed E-state index contributed by atoms with van der Waals surface area (Å²) in [5.74, 6) is -0.489. The van der Waals surface area contributed by atoms with E-state index < -0.39 is 0 Å². The predicted octanol–water partition coefficient (Wildman–Crippen LogP) is 3.51. The SMILES string of the molecule is CCOC(=O)C[C@H]1COCCN1C(=O)c1csc2nc(-c3ccccc3Cl)cn12. The molecule has 1 aromatic carbocycles. The van der Waals surface area contributed by atoms with Crippen molar-refractivity contribution >= 4 is 39.8 Å². The number of fused-ring (bicyclic) bond motifs is 1. The van der Waals surface area contributed by atoms with Crippen molar-refractivity contribution in [3.63, 3.8) is 0 Å². The van der Waals surface area contributed by atoms with E-state index in [1.165, 1.54) is 11.3 Å². The summed E-state index contributed by atoms with van der Waals surface area (Å²) in [5.41, 5.74) is 2.03. The Morgan fingerprint density at radius 1 is 1.38 bits per heavy atom. The van der Waals surface area contributed by atoms with Crippen LogP contribution in [0.5, 0.6) is 0 Å². The number of thiazole rings is 1. The van der Waals surface area contributed by atoms with Gasteiger partial charge in [0.2, 0.25) is 0 Å². The number of nitrogens with zero attached hydrogens (tertiary/aromatic N) is 3. The van der Waals surface area contributed by atoms with Gasteiger partial charge >= 0.3 is 5.97 Å². The molecule has 1 saturated heterocycles. The third-order valence-electron chi connectivity index (χ3n) is 4.77. The number of hydrogen-bond donors (Lipinski definition) is 0. The molecule has 2 aromatic heterocycles. The van der Waals surface area contributed by atoms with Gasteiger partial charge in [-0.25, -0.2) is 4.98 Å². The summed E-state index contributed by atoms with van der Waals surface area (Å²) < 4.78 is 12.3. The lowest BCUT2D eigenvalue weighted by Gasteiger charge is -2.34. The van der Waals surface area contributed by atoms with Crippen LogP contribution in [0.3, 0.4) is 0 Å². The van der Waals surface area contributed by atoms with Crippen molar-refractivity contribution in [2.24, 2.45) is 0 Å². The highest BCUT2D eigenvalue weighted by Gasteiger charge is 2.32. The van der Waals surface area contributed by atoms with Crippen molar-refractivity contribution in [2.75, 3.05) is 26.4 Å². The average molecular weight is 434 g/mol. The number of carbonyl (C=O) groups excluding carboxylic acids is 2. The van der Waals surface area contributed by atoms with Gasteiger partial charge in [0, 0.05) is 23.7 Å². The predicted molar refractivity (Wildman–Crippen MR) is 110 cm³/mol. The molecule has 9 heteroatoms. The molecule has 0 spiro atoms. The summed E-state index contributed by atoms with van der Waals surface area (Å²) >= 11 is 7.68. The molecule has 0 N–H and O–H groups in total. The van der Waals surface area contributed by atoms with Gasteiger partial charge < -0.3 is 14.4 Å². The molecule has 0 bridgehead atoms. The maximum atomic E-state index is 13.3. The molecule has 3 heterocycles. The smallest absolute Gasteiger partial charge is 0.307 e. The van der Waals surface area contributed by atoms with Gasteiger partial charge in [0.1, 0.15) is 5.69 Å². The van der Waals surface area contributed by atoms with Gasteiger partial charge in [-0.1, -0.05) is 29.8 Å². The second-order valence-electron chi connectivity index (χ2n) is 6.62. The van der Waals surface area contributed by atoms with Crippen LogP contribution in [0.25, 0.3) is 16.2 Å². The Morgan fingerprint density at radius 2 is 2.21 bits per heavy atom. The minimum Gasteiger partial charge on any atom is -0.466 e. The first-order chi connectivity index (χ1) is 14.1. The fraction of sp³-hybridized carbons (Fsp3) is 0.350. The van der Waals surface area contributed by atoms with E-state index in [0.717, 1.165) is 5.56 Å². The van der Waals surface area contributed by atoms with E-state index in [0.29, 0.717) is 47.7 Å². The molecule has 7 nitrogen and oxygen atoms in total. The van der Waals surface area contributed by atoms with Gasteiger partial charge in [-0.05, 0) is 13.0 Å². The third-order valence-corrected chi connectivity index (χ3v) is 5.94. The number of benzene rings is 1. The van der Waals surface area contributed by atoms with Crippen LogP contribution < -0.4 is 0 Å². The number of rotatable bonds is 5. The standard InChI is InChI=1S/C20H20ClN3O4S/c1-2-28-18(25)9-13-11-27-8-7-23(13)19(26)17-12-29-20-22-16(10-24(17)20)14-5-3-4-6-15(14)21/h3-6,10,12-13H,2,7-9,11H2,1H3/t13-/m0/s1. The van der Waals surface area contributed by atoms with Crippen LogP contribution in [0.1, 0.15) is 23.8 Å². The summed E-state index contributed by atoms with van der Waals surface area (Å²) in [5, 5.41) is 2.39. The highest BCUT2D eigenvalue weighted by Crippen LogP contribution is 2.29. The van der Waals surface area contributed by atoms with E-state index in [-0.39, 0.29) is 24.3 Å². The molecule has 1 aliphatic rings. The number of esters is 1. The van der Waals surface area contributed by atoms with Gasteiger partial charge in [-0.15, -0.1) is 11.3 Å². The second kappa shape index (κ2) is 8.52. The molecule has 29 heavy (non-hydrogen) atoms. The molecule has 4 rings (SSSR count). The number of hydrogen-bond acceptors (Lipinski definition) is 6. The third kappa shape index (κ3) is 4.01. The molecule has 152 valence electrons. The molecule has 0 saturated carbocycles. The van der Waals surface area contributed by atoms with Crippen molar-refractivity contribution in [3.8, 4) is 11.3 Å². The van der Waals surface area contributed by atoms with Crippen LogP contribution in [0.15, 0.2) is 35.8 Å². The lowest BCUT2D eigenvalue weighted by molar-refractivity contribution is -0.145. The van der Waals surface area contributed by atoms with Crippen LogP contribution in [0, 0.1) is 0 Å². The highest BCUT2D eigenvalue weighted by molar-refractivity contribution is 7.15. The van der Waals surface area contributed by atoms with Gasteiger partial charge in [0.25, 0.3) is 5.91 Å². The fourth-order valence-electron chi connectivity index (χ4n) is 3.39. The quantitative estimate of drug-likeness (QED) is 0.576.